The highest BCUT2D eigenvalue weighted by molar-refractivity contribution is 7.80. The standard InChI is InChI=1S/C61H120O12S/c1-3-5-7-9-11-13-15-17-19-21-23-25-27-29-31-33-35-37-39-41-43-45-47-49-51-69-53-55(54-70-61-59(65)60(73-74(66,67)68)58(64)56(52-62)72-61)71-57(63)50-48-46-44-42-40-38-36-34-32-30-28-26-24-22-20-18-16-14-12-10-8-6-4-2/h55-56,58-62,64-65H,3-54H2,1-2H3,(H,66,67,68). The molecule has 0 amide bonds. The predicted molar refractivity (Wildman–Crippen MR) is 304 cm³/mol. The predicted octanol–water partition coefficient (Wildman–Crippen LogP) is 16.3. The van der Waals surface area contributed by atoms with Crippen LogP contribution in [-0.4, -0.2) is 97.5 Å². The van der Waals surface area contributed by atoms with Crippen LogP contribution in [0.15, 0.2) is 0 Å². The number of unbranched alkanes of at least 4 members (excludes halogenated alkanes) is 45. The van der Waals surface area contributed by atoms with Crippen LogP contribution in [0.2, 0.25) is 0 Å². The van der Waals surface area contributed by atoms with Gasteiger partial charge in [-0.3, -0.25) is 9.35 Å². The molecule has 0 bridgehead atoms. The Kier molecular flexibility index (Phi) is 50.7. The van der Waals surface area contributed by atoms with Crippen LogP contribution in [-0.2, 0) is 38.3 Å². The van der Waals surface area contributed by atoms with E-state index >= 15 is 0 Å². The van der Waals surface area contributed by atoms with Gasteiger partial charge in [0, 0.05) is 13.0 Å². The van der Waals surface area contributed by atoms with Crippen molar-refractivity contribution >= 4 is 16.4 Å². The highest BCUT2D eigenvalue weighted by Gasteiger charge is 2.48. The molecule has 1 fully saturated rings. The molecule has 1 saturated heterocycles. The lowest BCUT2D eigenvalue weighted by atomic mass is 9.99. The maximum absolute atomic E-state index is 13.0. The molecular formula is C61H120O12S. The van der Waals surface area contributed by atoms with Crippen LogP contribution >= 0.6 is 0 Å². The van der Waals surface area contributed by atoms with Gasteiger partial charge in [-0.25, -0.2) is 4.18 Å². The fourth-order valence-electron chi connectivity index (χ4n) is 10.4. The van der Waals surface area contributed by atoms with Gasteiger partial charge in [0.25, 0.3) is 0 Å². The second kappa shape index (κ2) is 52.8. The van der Waals surface area contributed by atoms with Gasteiger partial charge in [-0.15, -0.1) is 0 Å². The molecule has 1 rings (SSSR count). The first-order valence-corrected chi connectivity index (χ1v) is 33.2. The Labute approximate surface area is 456 Å². The third kappa shape index (κ3) is 45.0. The topological polar surface area (TPSA) is 178 Å². The van der Waals surface area contributed by atoms with E-state index in [1.54, 1.807) is 0 Å². The molecule has 1 aliphatic rings. The van der Waals surface area contributed by atoms with Crippen LogP contribution in [0.5, 0.6) is 0 Å². The van der Waals surface area contributed by atoms with E-state index in [4.69, 9.17) is 18.9 Å². The second-order valence-electron chi connectivity index (χ2n) is 22.4. The minimum absolute atomic E-state index is 0.0459. The van der Waals surface area contributed by atoms with E-state index in [0.717, 1.165) is 38.5 Å². The molecule has 0 aromatic heterocycles. The van der Waals surface area contributed by atoms with Gasteiger partial charge in [0.1, 0.15) is 30.5 Å². The number of hydrogen-bond donors (Lipinski definition) is 4. The Morgan fingerprint density at radius 2 is 0.770 bits per heavy atom. The maximum atomic E-state index is 13.0. The van der Waals surface area contributed by atoms with Crippen molar-refractivity contribution in [3.8, 4) is 0 Å². The molecule has 4 N–H and O–H groups in total. The molecule has 6 unspecified atom stereocenters. The summed E-state index contributed by atoms with van der Waals surface area (Å²) in [6, 6.07) is 0. The van der Waals surface area contributed by atoms with Gasteiger partial charge in [0.15, 0.2) is 6.29 Å². The molecule has 0 saturated carbocycles. The van der Waals surface area contributed by atoms with Crippen molar-refractivity contribution in [3.63, 3.8) is 0 Å². The second-order valence-corrected chi connectivity index (χ2v) is 23.4. The van der Waals surface area contributed by atoms with Crippen LogP contribution in [0.25, 0.3) is 0 Å². The first-order chi connectivity index (χ1) is 36.1. The number of esters is 1. The van der Waals surface area contributed by atoms with E-state index in [2.05, 4.69) is 18.0 Å². The molecule has 0 aromatic carbocycles. The Balaban J connectivity index is 2.23. The van der Waals surface area contributed by atoms with Crippen molar-refractivity contribution in [2.24, 2.45) is 0 Å². The molecule has 1 heterocycles. The van der Waals surface area contributed by atoms with Crippen LogP contribution in [0.1, 0.15) is 322 Å². The SMILES string of the molecule is CCCCCCCCCCCCCCCCCCCCCCCCCCOCC(COC1OC(CO)C(O)C(OS(=O)(=O)O)C1O)OC(=O)CCCCCCCCCCCCCCCCCCCCCCCCC. The van der Waals surface area contributed by atoms with E-state index in [9.17, 15) is 33.1 Å². The minimum atomic E-state index is -5.06. The van der Waals surface area contributed by atoms with Crippen molar-refractivity contribution in [3.05, 3.63) is 0 Å². The van der Waals surface area contributed by atoms with Gasteiger partial charge >= 0.3 is 16.4 Å². The lowest BCUT2D eigenvalue weighted by molar-refractivity contribution is -0.301. The Morgan fingerprint density at radius 3 is 1.08 bits per heavy atom. The molecule has 0 spiro atoms. The van der Waals surface area contributed by atoms with Crippen molar-refractivity contribution < 1.29 is 56.2 Å². The Hall–Kier alpha value is -0.900. The molecule has 1 aliphatic heterocycles. The zero-order valence-corrected chi connectivity index (χ0v) is 49.0. The number of hydrogen-bond acceptors (Lipinski definition) is 11. The Morgan fingerprint density at radius 1 is 0.459 bits per heavy atom. The molecule has 13 heteroatoms. The summed E-state index contributed by atoms with van der Waals surface area (Å²) in [7, 11) is -5.06. The van der Waals surface area contributed by atoms with Crippen LogP contribution in [0.4, 0.5) is 0 Å². The fraction of sp³-hybridized carbons (Fsp3) is 0.984. The normalized spacial score (nSPS) is 18.6. The number of rotatable bonds is 58. The van der Waals surface area contributed by atoms with E-state index in [1.807, 2.05) is 0 Å². The van der Waals surface area contributed by atoms with E-state index in [-0.39, 0.29) is 25.6 Å². The zero-order valence-electron chi connectivity index (χ0n) is 48.2. The molecular weight excluding hydrogens is 957 g/mol. The maximum Gasteiger partial charge on any atom is 0.397 e. The van der Waals surface area contributed by atoms with Crippen LogP contribution < -0.4 is 0 Å². The summed E-state index contributed by atoms with van der Waals surface area (Å²) in [5, 5.41) is 30.9. The molecule has 0 radical (unpaired) electrons. The third-order valence-corrected chi connectivity index (χ3v) is 15.7. The van der Waals surface area contributed by atoms with Crippen LogP contribution in [0.3, 0.4) is 0 Å². The van der Waals surface area contributed by atoms with E-state index in [0.29, 0.717) is 13.0 Å². The monoisotopic (exact) mass is 1080 g/mol. The van der Waals surface area contributed by atoms with Crippen molar-refractivity contribution in [2.45, 2.75) is 359 Å². The molecule has 442 valence electrons. The summed E-state index contributed by atoms with van der Waals surface area (Å²) in [5.74, 6) is -0.387. The first kappa shape index (κ1) is 71.1. The molecule has 74 heavy (non-hydrogen) atoms. The van der Waals surface area contributed by atoms with Gasteiger partial charge in [0.05, 0.1) is 19.8 Å². The fourth-order valence-corrected chi connectivity index (χ4v) is 11.0. The third-order valence-electron chi connectivity index (χ3n) is 15.2. The average Bonchev–Trinajstić information content (AvgIpc) is 3.38. The first-order valence-electron chi connectivity index (χ1n) is 31.8. The quantitative estimate of drug-likeness (QED) is 0.0258. The van der Waals surface area contributed by atoms with E-state index in [1.165, 1.54) is 257 Å². The highest BCUT2D eigenvalue weighted by atomic mass is 32.3. The highest BCUT2D eigenvalue weighted by Crippen LogP contribution is 2.26. The summed E-state index contributed by atoms with van der Waals surface area (Å²) >= 11 is 0. The average molecular weight is 1080 g/mol. The zero-order chi connectivity index (χ0) is 53.8. The summed E-state index contributed by atoms with van der Waals surface area (Å²) in [6.45, 7) is 4.09. The van der Waals surface area contributed by atoms with Gasteiger partial charge in [0.2, 0.25) is 0 Å². The van der Waals surface area contributed by atoms with Crippen molar-refractivity contribution in [2.75, 3.05) is 26.4 Å². The summed E-state index contributed by atoms with van der Waals surface area (Å²) in [4.78, 5) is 13.0. The lowest BCUT2D eigenvalue weighted by Crippen LogP contribution is -2.60. The smallest absolute Gasteiger partial charge is 0.397 e. The minimum Gasteiger partial charge on any atom is -0.457 e. The summed E-state index contributed by atoms with van der Waals surface area (Å²) < 4.78 is 59.6. The Bertz CT molecular complexity index is 1290. The number of aliphatic hydroxyl groups excluding tert-OH is 3. The summed E-state index contributed by atoms with van der Waals surface area (Å²) in [6.07, 6.45) is 53.0. The van der Waals surface area contributed by atoms with Gasteiger partial charge in [-0.1, -0.05) is 303 Å². The summed E-state index contributed by atoms with van der Waals surface area (Å²) in [5.41, 5.74) is 0. The largest absolute Gasteiger partial charge is 0.457 e. The molecule has 12 nitrogen and oxygen atoms in total. The number of ether oxygens (including phenoxy) is 4. The number of aliphatic hydroxyl groups is 3. The van der Waals surface area contributed by atoms with Gasteiger partial charge in [-0.05, 0) is 12.8 Å². The molecule has 0 aromatic rings. The van der Waals surface area contributed by atoms with E-state index < -0.39 is 53.8 Å². The lowest BCUT2D eigenvalue weighted by Gasteiger charge is -2.41. The van der Waals surface area contributed by atoms with Crippen molar-refractivity contribution in [1.29, 1.82) is 0 Å². The molecule has 6 atom stereocenters. The van der Waals surface area contributed by atoms with Gasteiger partial charge < -0.3 is 34.3 Å². The number of carbonyl (C=O) groups excluding carboxylic acids is 1. The van der Waals surface area contributed by atoms with Crippen molar-refractivity contribution in [1.82, 2.24) is 0 Å². The van der Waals surface area contributed by atoms with Crippen LogP contribution in [0, 0.1) is 0 Å². The number of carbonyl (C=O) groups is 1. The van der Waals surface area contributed by atoms with Gasteiger partial charge in [-0.2, -0.15) is 8.42 Å². The molecule has 0 aliphatic carbocycles.